The van der Waals surface area contributed by atoms with E-state index < -0.39 is 0 Å². The van der Waals surface area contributed by atoms with Gasteiger partial charge in [0.25, 0.3) is 5.56 Å². The summed E-state index contributed by atoms with van der Waals surface area (Å²) in [4.78, 5) is 29.2. The highest BCUT2D eigenvalue weighted by Crippen LogP contribution is 2.23. The van der Waals surface area contributed by atoms with Gasteiger partial charge in [-0.3, -0.25) is 14.2 Å². The number of hydrogen-bond acceptors (Lipinski definition) is 5. The number of nitrogens with one attached hydrogen (secondary N) is 1. The summed E-state index contributed by atoms with van der Waals surface area (Å²) in [5.41, 5.74) is 1.25. The summed E-state index contributed by atoms with van der Waals surface area (Å²) in [7, 11) is 0. The van der Waals surface area contributed by atoms with Crippen molar-refractivity contribution in [2.45, 2.75) is 18.5 Å². The van der Waals surface area contributed by atoms with Crippen molar-refractivity contribution in [1.82, 2.24) is 9.55 Å². The van der Waals surface area contributed by atoms with E-state index in [-0.39, 0.29) is 33.8 Å². The minimum atomic E-state index is -0.331. The summed E-state index contributed by atoms with van der Waals surface area (Å²) < 4.78 is 1.43. The Labute approximate surface area is 160 Å². The van der Waals surface area contributed by atoms with Gasteiger partial charge < -0.3 is 10.4 Å². The number of para-hydroxylation sites is 2. The van der Waals surface area contributed by atoms with Crippen molar-refractivity contribution in [2.24, 2.45) is 0 Å². The van der Waals surface area contributed by atoms with Crippen LogP contribution in [0.25, 0.3) is 5.69 Å². The maximum absolute atomic E-state index is 12.8. The van der Waals surface area contributed by atoms with Crippen molar-refractivity contribution in [3.63, 3.8) is 0 Å². The van der Waals surface area contributed by atoms with Gasteiger partial charge in [0.1, 0.15) is 0 Å². The van der Waals surface area contributed by atoms with E-state index >= 15 is 0 Å². The van der Waals surface area contributed by atoms with Crippen LogP contribution >= 0.6 is 11.8 Å². The van der Waals surface area contributed by atoms with Gasteiger partial charge in [-0.05, 0) is 30.7 Å². The Morgan fingerprint density at radius 2 is 1.74 bits per heavy atom. The van der Waals surface area contributed by atoms with Crippen molar-refractivity contribution >= 4 is 23.4 Å². The third kappa shape index (κ3) is 4.38. The molecule has 2 aromatic carbocycles. The summed E-state index contributed by atoms with van der Waals surface area (Å²) in [6.07, 6.45) is 0.365. The SMILES string of the molecule is CCc1c(O)nc(SCC(=O)Nc2ccccc2)n(-c2ccccc2)c1=O. The Morgan fingerprint density at radius 3 is 2.37 bits per heavy atom. The lowest BCUT2D eigenvalue weighted by Crippen LogP contribution is -2.25. The molecule has 0 saturated carbocycles. The number of anilines is 1. The fourth-order valence-corrected chi connectivity index (χ4v) is 3.39. The molecule has 138 valence electrons. The number of carbonyl (C=O) groups is 1. The normalized spacial score (nSPS) is 10.6. The molecule has 0 fully saturated rings. The van der Waals surface area contributed by atoms with Crippen LogP contribution in [0.1, 0.15) is 12.5 Å². The van der Waals surface area contributed by atoms with E-state index in [4.69, 9.17) is 0 Å². The van der Waals surface area contributed by atoms with Crippen LogP contribution < -0.4 is 10.9 Å². The average Bonchev–Trinajstić information content (AvgIpc) is 2.68. The standard InChI is InChI=1S/C20H19N3O3S/c1-2-16-18(25)22-20(23(19(16)26)15-11-7-4-8-12-15)27-13-17(24)21-14-9-5-3-6-10-14/h3-12,25H,2,13H2,1H3,(H,21,24). The molecule has 1 amide bonds. The summed E-state index contributed by atoms with van der Waals surface area (Å²) in [5.74, 6) is -0.459. The predicted octanol–water partition coefficient (Wildman–Crippen LogP) is 3.23. The van der Waals surface area contributed by atoms with E-state index in [1.807, 2.05) is 36.4 Å². The van der Waals surface area contributed by atoms with Crippen LogP contribution in [-0.4, -0.2) is 26.3 Å². The van der Waals surface area contributed by atoms with Crippen LogP contribution in [0.4, 0.5) is 5.69 Å². The maximum atomic E-state index is 12.8. The number of amides is 1. The molecule has 0 aliphatic rings. The number of nitrogens with zero attached hydrogens (tertiary/aromatic N) is 2. The zero-order valence-corrected chi connectivity index (χ0v) is 15.6. The van der Waals surface area contributed by atoms with Crippen LogP contribution in [0, 0.1) is 0 Å². The number of benzene rings is 2. The van der Waals surface area contributed by atoms with E-state index in [1.165, 1.54) is 4.57 Å². The monoisotopic (exact) mass is 381 g/mol. The van der Waals surface area contributed by atoms with E-state index in [2.05, 4.69) is 10.3 Å². The van der Waals surface area contributed by atoms with Gasteiger partial charge in [0, 0.05) is 5.69 Å². The molecule has 0 spiro atoms. The molecule has 7 heteroatoms. The molecule has 0 bridgehead atoms. The quantitative estimate of drug-likeness (QED) is 0.506. The zero-order chi connectivity index (χ0) is 19.2. The second kappa shape index (κ2) is 8.55. The Morgan fingerprint density at radius 1 is 1.11 bits per heavy atom. The van der Waals surface area contributed by atoms with E-state index in [0.717, 1.165) is 11.8 Å². The molecule has 6 nitrogen and oxygen atoms in total. The number of rotatable bonds is 6. The van der Waals surface area contributed by atoms with Crippen molar-refractivity contribution in [3.05, 3.63) is 76.6 Å². The van der Waals surface area contributed by atoms with Crippen molar-refractivity contribution in [2.75, 3.05) is 11.1 Å². The zero-order valence-electron chi connectivity index (χ0n) is 14.8. The lowest BCUT2D eigenvalue weighted by atomic mass is 10.2. The van der Waals surface area contributed by atoms with Gasteiger partial charge in [-0.2, -0.15) is 4.98 Å². The number of carbonyl (C=O) groups excluding carboxylic acids is 1. The summed E-state index contributed by atoms with van der Waals surface area (Å²) in [6.45, 7) is 1.79. The van der Waals surface area contributed by atoms with Crippen molar-refractivity contribution < 1.29 is 9.90 Å². The smallest absolute Gasteiger partial charge is 0.265 e. The number of hydrogen-bond donors (Lipinski definition) is 2. The molecule has 3 rings (SSSR count). The summed E-state index contributed by atoms with van der Waals surface area (Å²) in [5, 5.41) is 13.2. The topological polar surface area (TPSA) is 84.2 Å². The highest BCUT2D eigenvalue weighted by Gasteiger charge is 2.17. The fourth-order valence-electron chi connectivity index (χ4n) is 2.59. The predicted molar refractivity (Wildman–Crippen MR) is 107 cm³/mol. The molecule has 1 aromatic heterocycles. The molecular formula is C20H19N3O3S. The summed E-state index contributed by atoms with van der Waals surface area (Å²) >= 11 is 1.10. The van der Waals surface area contributed by atoms with Gasteiger partial charge in [-0.25, -0.2) is 0 Å². The molecule has 3 aromatic rings. The number of aromatic hydroxyl groups is 1. The second-order valence-electron chi connectivity index (χ2n) is 5.73. The van der Waals surface area contributed by atoms with Gasteiger partial charge in [-0.1, -0.05) is 55.1 Å². The fraction of sp³-hybridized carbons (Fsp3) is 0.150. The van der Waals surface area contributed by atoms with Gasteiger partial charge in [0.2, 0.25) is 11.8 Å². The van der Waals surface area contributed by atoms with Crippen LogP contribution in [0.3, 0.4) is 0 Å². The first kappa shape index (κ1) is 18.7. The Hall–Kier alpha value is -3.06. The average molecular weight is 381 g/mol. The first-order valence-corrected chi connectivity index (χ1v) is 9.46. The van der Waals surface area contributed by atoms with E-state index in [1.54, 1.807) is 31.2 Å². The molecule has 1 heterocycles. The Balaban J connectivity index is 1.88. The van der Waals surface area contributed by atoms with Crippen LogP contribution in [-0.2, 0) is 11.2 Å². The number of thioether (sulfide) groups is 1. The number of aromatic nitrogens is 2. The maximum Gasteiger partial charge on any atom is 0.265 e. The van der Waals surface area contributed by atoms with Gasteiger partial charge >= 0.3 is 0 Å². The molecule has 0 radical (unpaired) electrons. The largest absolute Gasteiger partial charge is 0.493 e. The third-order valence-corrected chi connectivity index (χ3v) is 4.82. The first-order chi connectivity index (χ1) is 13.1. The molecule has 2 N–H and O–H groups in total. The first-order valence-electron chi connectivity index (χ1n) is 8.48. The lowest BCUT2D eigenvalue weighted by Gasteiger charge is -2.14. The van der Waals surface area contributed by atoms with Gasteiger partial charge in [0.05, 0.1) is 17.0 Å². The van der Waals surface area contributed by atoms with Crippen LogP contribution in [0.15, 0.2) is 70.6 Å². The van der Waals surface area contributed by atoms with Gasteiger partial charge in [-0.15, -0.1) is 0 Å². The van der Waals surface area contributed by atoms with E-state index in [9.17, 15) is 14.7 Å². The molecule has 0 atom stereocenters. The van der Waals surface area contributed by atoms with Crippen LogP contribution in [0.5, 0.6) is 5.88 Å². The highest BCUT2D eigenvalue weighted by atomic mass is 32.2. The van der Waals surface area contributed by atoms with Crippen LogP contribution in [0.2, 0.25) is 0 Å². The third-order valence-electron chi connectivity index (χ3n) is 3.88. The molecule has 0 saturated heterocycles. The molecule has 0 aliphatic heterocycles. The molecule has 27 heavy (non-hydrogen) atoms. The lowest BCUT2D eigenvalue weighted by molar-refractivity contribution is -0.113. The Kier molecular flexibility index (Phi) is 5.93. The van der Waals surface area contributed by atoms with Gasteiger partial charge in [0.15, 0.2) is 5.16 Å². The Bertz CT molecular complexity index is 989. The second-order valence-corrected chi connectivity index (χ2v) is 6.67. The molecule has 0 unspecified atom stereocenters. The highest BCUT2D eigenvalue weighted by molar-refractivity contribution is 7.99. The molecule has 0 aliphatic carbocycles. The van der Waals surface area contributed by atoms with E-state index in [0.29, 0.717) is 17.8 Å². The molecular weight excluding hydrogens is 362 g/mol. The van der Waals surface area contributed by atoms with Crippen molar-refractivity contribution in [1.29, 1.82) is 0 Å². The summed E-state index contributed by atoms with van der Waals surface area (Å²) in [6, 6.07) is 18.2. The minimum Gasteiger partial charge on any atom is -0.493 e. The van der Waals surface area contributed by atoms with Crippen molar-refractivity contribution in [3.8, 4) is 11.6 Å². The minimum absolute atomic E-state index is 0.0546.